The number of allylic oxidation sites excluding steroid dienone is 2. The third-order valence-electron chi connectivity index (χ3n) is 3.54. The van der Waals surface area contributed by atoms with Gasteiger partial charge in [-0.05, 0) is 42.1 Å². The second-order valence-corrected chi connectivity index (χ2v) is 6.23. The Morgan fingerprint density at radius 3 is 2.62 bits per heavy atom. The van der Waals surface area contributed by atoms with Crippen molar-refractivity contribution in [2.24, 2.45) is 0 Å². The van der Waals surface area contributed by atoms with Gasteiger partial charge in [0.05, 0.1) is 21.1 Å². The van der Waals surface area contributed by atoms with Crippen molar-refractivity contribution in [3.8, 4) is 5.75 Å². The van der Waals surface area contributed by atoms with Crippen LogP contribution in [0.5, 0.6) is 5.75 Å². The van der Waals surface area contributed by atoms with Crippen molar-refractivity contribution in [1.82, 2.24) is 0 Å². The van der Waals surface area contributed by atoms with Crippen molar-refractivity contribution < 1.29 is 19.6 Å². The lowest BCUT2D eigenvalue weighted by atomic mass is 10.1. The maximum atomic E-state index is 12.4. The van der Waals surface area contributed by atoms with Crippen LogP contribution in [0.1, 0.15) is 5.56 Å². The van der Waals surface area contributed by atoms with E-state index in [2.05, 4.69) is 0 Å². The van der Waals surface area contributed by atoms with E-state index < -0.39 is 16.1 Å². The molecule has 1 N–H and O–H groups in total. The van der Waals surface area contributed by atoms with Crippen LogP contribution in [0, 0.1) is 10.1 Å². The number of nitro groups is 1. The number of carbonyl (C=O) groups excluding carboxylic acids is 2. The minimum Gasteiger partial charge on any atom is -0.508 e. The van der Waals surface area contributed by atoms with Gasteiger partial charge in [-0.2, -0.15) is 0 Å². The Bertz CT molecular complexity index is 968. The summed E-state index contributed by atoms with van der Waals surface area (Å²) in [5.41, 5.74) is 0.615. The molecule has 1 fully saturated rings. The van der Waals surface area contributed by atoms with Gasteiger partial charge in [-0.15, -0.1) is 0 Å². The summed E-state index contributed by atoms with van der Waals surface area (Å²) in [5.74, 6) is -0.570. The number of nitrogens with zero attached hydrogens (tertiary/aromatic N) is 2. The topological polar surface area (TPSA) is 101 Å². The standard InChI is InChI=1S/C18H12N2O5S/c21-14-8-4-7-13(11-14)19-17(22)16(26-18(19)23)10-3-6-12-5-1-2-9-15(12)20(24)25/h1-11,21H/b6-3+,16-10-. The van der Waals surface area contributed by atoms with Gasteiger partial charge in [0, 0.05) is 12.1 Å². The highest BCUT2D eigenvalue weighted by Gasteiger charge is 2.36. The van der Waals surface area contributed by atoms with Crippen LogP contribution in [-0.2, 0) is 4.79 Å². The smallest absolute Gasteiger partial charge is 0.298 e. The largest absolute Gasteiger partial charge is 0.508 e. The van der Waals surface area contributed by atoms with Crippen molar-refractivity contribution in [3.05, 3.63) is 81.3 Å². The zero-order valence-corrected chi connectivity index (χ0v) is 14.1. The molecular formula is C18H12N2O5S. The number of hydrogen-bond acceptors (Lipinski definition) is 6. The quantitative estimate of drug-likeness (QED) is 0.495. The summed E-state index contributed by atoms with van der Waals surface area (Å²) in [6.07, 6.45) is 4.42. The number of phenolic OH excluding ortho intramolecular Hbond substituents is 1. The highest BCUT2D eigenvalue weighted by Crippen LogP contribution is 2.35. The third-order valence-corrected chi connectivity index (χ3v) is 4.43. The van der Waals surface area contributed by atoms with Crippen LogP contribution in [0.3, 0.4) is 0 Å². The van der Waals surface area contributed by atoms with E-state index in [1.54, 1.807) is 24.3 Å². The lowest BCUT2D eigenvalue weighted by molar-refractivity contribution is -0.385. The van der Waals surface area contributed by atoms with E-state index in [-0.39, 0.29) is 22.0 Å². The van der Waals surface area contributed by atoms with E-state index in [4.69, 9.17) is 0 Å². The van der Waals surface area contributed by atoms with Crippen LogP contribution >= 0.6 is 11.8 Å². The lowest BCUT2D eigenvalue weighted by Crippen LogP contribution is -2.27. The molecule has 26 heavy (non-hydrogen) atoms. The zero-order chi connectivity index (χ0) is 18.7. The van der Waals surface area contributed by atoms with Gasteiger partial charge >= 0.3 is 0 Å². The van der Waals surface area contributed by atoms with Gasteiger partial charge < -0.3 is 5.11 Å². The van der Waals surface area contributed by atoms with Crippen LogP contribution in [-0.4, -0.2) is 21.2 Å². The van der Waals surface area contributed by atoms with Gasteiger partial charge in [-0.25, -0.2) is 4.90 Å². The van der Waals surface area contributed by atoms with Crippen molar-refractivity contribution in [2.75, 3.05) is 4.90 Å². The second-order valence-electron chi connectivity index (χ2n) is 5.23. The first kappa shape index (κ1) is 17.4. The molecule has 1 heterocycles. The molecule has 0 spiro atoms. The molecule has 2 aromatic carbocycles. The molecule has 0 atom stereocenters. The molecule has 1 aliphatic rings. The predicted molar refractivity (Wildman–Crippen MR) is 98.8 cm³/mol. The first-order valence-corrected chi connectivity index (χ1v) is 8.26. The van der Waals surface area contributed by atoms with Crippen molar-refractivity contribution in [3.63, 3.8) is 0 Å². The Morgan fingerprint density at radius 1 is 1.12 bits per heavy atom. The number of imide groups is 1. The highest BCUT2D eigenvalue weighted by molar-refractivity contribution is 8.18. The normalized spacial score (nSPS) is 16.0. The molecule has 7 nitrogen and oxygen atoms in total. The fourth-order valence-corrected chi connectivity index (χ4v) is 3.16. The number of para-hydroxylation sites is 1. The maximum absolute atomic E-state index is 12.4. The fourth-order valence-electron chi connectivity index (χ4n) is 2.37. The number of hydrogen-bond donors (Lipinski definition) is 1. The maximum Gasteiger partial charge on any atom is 0.298 e. The molecular weight excluding hydrogens is 356 g/mol. The number of thioether (sulfide) groups is 1. The molecule has 0 saturated carbocycles. The fraction of sp³-hybridized carbons (Fsp3) is 0. The van der Waals surface area contributed by atoms with E-state index in [0.717, 1.165) is 16.7 Å². The molecule has 2 aromatic rings. The van der Waals surface area contributed by atoms with Gasteiger partial charge in [0.1, 0.15) is 5.75 Å². The third kappa shape index (κ3) is 3.50. The van der Waals surface area contributed by atoms with Crippen LogP contribution in [0.25, 0.3) is 6.08 Å². The molecule has 0 aliphatic carbocycles. The zero-order valence-electron chi connectivity index (χ0n) is 13.2. The van der Waals surface area contributed by atoms with E-state index in [0.29, 0.717) is 5.56 Å². The predicted octanol–water partition coefficient (Wildman–Crippen LogP) is 4.10. The average molecular weight is 368 g/mol. The lowest BCUT2D eigenvalue weighted by Gasteiger charge is -2.12. The number of benzene rings is 2. The molecule has 0 aromatic heterocycles. The van der Waals surface area contributed by atoms with Crippen molar-refractivity contribution >= 4 is 40.4 Å². The molecule has 0 radical (unpaired) electrons. The van der Waals surface area contributed by atoms with E-state index in [1.165, 1.54) is 42.5 Å². The summed E-state index contributed by atoms with van der Waals surface area (Å²) >= 11 is 0.760. The number of nitro benzene ring substituents is 1. The van der Waals surface area contributed by atoms with Gasteiger partial charge in [0.2, 0.25) is 0 Å². The Kier molecular flexibility index (Phi) is 4.85. The monoisotopic (exact) mass is 368 g/mol. The number of rotatable bonds is 4. The van der Waals surface area contributed by atoms with Crippen LogP contribution in [0.15, 0.2) is 65.6 Å². The van der Waals surface area contributed by atoms with E-state index >= 15 is 0 Å². The molecule has 1 saturated heterocycles. The summed E-state index contributed by atoms with van der Waals surface area (Å²) in [6.45, 7) is 0. The van der Waals surface area contributed by atoms with Gasteiger partial charge in [-0.1, -0.05) is 24.3 Å². The van der Waals surface area contributed by atoms with Crippen molar-refractivity contribution in [2.45, 2.75) is 0 Å². The van der Waals surface area contributed by atoms with Gasteiger partial charge in [0.15, 0.2) is 0 Å². The number of amides is 2. The summed E-state index contributed by atoms with van der Waals surface area (Å²) in [5, 5.41) is 20.0. The Morgan fingerprint density at radius 2 is 1.88 bits per heavy atom. The summed E-state index contributed by atoms with van der Waals surface area (Å²) in [6, 6.07) is 12.0. The van der Waals surface area contributed by atoms with Crippen molar-refractivity contribution in [1.29, 1.82) is 0 Å². The number of carbonyl (C=O) groups is 2. The van der Waals surface area contributed by atoms with Gasteiger partial charge in [-0.3, -0.25) is 19.7 Å². The number of aromatic hydroxyl groups is 1. The van der Waals surface area contributed by atoms with Crippen LogP contribution < -0.4 is 4.90 Å². The Balaban J connectivity index is 1.84. The number of phenols is 1. The first-order valence-electron chi connectivity index (χ1n) is 7.44. The SMILES string of the molecule is O=C1S/C(=C\C=C\c2ccccc2[N+](=O)[O-])C(=O)N1c1cccc(O)c1. The minimum absolute atomic E-state index is 0.0509. The second kappa shape index (κ2) is 7.24. The summed E-state index contributed by atoms with van der Waals surface area (Å²) in [4.78, 5) is 36.2. The molecule has 8 heteroatoms. The summed E-state index contributed by atoms with van der Waals surface area (Å²) in [7, 11) is 0. The highest BCUT2D eigenvalue weighted by atomic mass is 32.2. The molecule has 1 aliphatic heterocycles. The minimum atomic E-state index is -0.516. The van der Waals surface area contributed by atoms with Gasteiger partial charge in [0.25, 0.3) is 16.8 Å². The van der Waals surface area contributed by atoms with Crippen LogP contribution in [0.4, 0.5) is 16.2 Å². The summed E-state index contributed by atoms with van der Waals surface area (Å²) < 4.78 is 0. The van der Waals surface area contributed by atoms with E-state index in [1.807, 2.05) is 0 Å². The molecule has 2 amide bonds. The average Bonchev–Trinajstić information content (AvgIpc) is 2.89. The Hall–Kier alpha value is -3.39. The first-order chi connectivity index (χ1) is 12.5. The molecule has 130 valence electrons. The van der Waals surface area contributed by atoms with Crippen LogP contribution in [0.2, 0.25) is 0 Å². The molecule has 0 bridgehead atoms. The Labute approximate surface area is 152 Å². The van der Waals surface area contributed by atoms with E-state index in [9.17, 15) is 24.8 Å². The number of anilines is 1. The molecule has 0 unspecified atom stereocenters. The molecule has 3 rings (SSSR count).